The number of nitrogens with zero attached hydrogens (tertiary/aromatic N) is 2. The minimum absolute atomic E-state index is 0.0495. The zero-order valence-corrected chi connectivity index (χ0v) is 8.07. The van der Waals surface area contributed by atoms with Gasteiger partial charge in [0.15, 0.2) is 0 Å². The molecule has 0 aromatic heterocycles. The lowest BCUT2D eigenvalue weighted by Gasteiger charge is -2.11. The molecule has 0 heterocycles. The first-order valence-electron chi connectivity index (χ1n) is 4.14. The van der Waals surface area contributed by atoms with Gasteiger partial charge in [0.2, 0.25) is 0 Å². The molecule has 8 nitrogen and oxygen atoms in total. The van der Waals surface area contributed by atoms with Crippen molar-refractivity contribution >= 4 is 11.8 Å². The molecule has 0 aliphatic carbocycles. The van der Waals surface area contributed by atoms with E-state index in [0.717, 1.165) is 0 Å². The number of nitro benzene ring substituents is 1. The zero-order valence-electron chi connectivity index (χ0n) is 8.07. The molecule has 8 heteroatoms. The second-order valence-corrected chi connectivity index (χ2v) is 2.81. The van der Waals surface area contributed by atoms with Crippen LogP contribution in [0.1, 0.15) is 5.56 Å². The molecule has 0 aliphatic heterocycles. The predicted molar refractivity (Wildman–Crippen MR) is 51.9 cm³/mol. The number of non-ortho nitro benzene ring substituents is 1. The summed E-state index contributed by atoms with van der Waals surface area (Å²) >= 11 is 0. The van der Waals surface area contributed by atoms with Crippen LogP contribution in [0.3, 0.4) is 0 Å². The normalized spacial score (nSPS) is 9.81. The molecule has 1 amide bonds. The molecule has 0 bridgehead atoms. The van der Waals surface area contributed by atoms with E-state index >= 15 is 0 Å². The van der Waals surface area contributed by atoms with Crippen molar-refractivity contribution in [2.75, 3.05) is 0 Å². The topological polar surface area (TPSA) is 119 Å². The summed E-state index contributed by atoms with van der Waals surface area (Å²) in [7, 11) is 0. The first-order valence-corrected chi connectivity index (χ1v) is 4.14. The fourth-order valence-electron chi connectivity index (χ4n) is 0.913. The number of nitrogens with two attached hydrogens (primary N) is 1. The van der Waals surface area contributed by atoms with Crippen LogP contribution in [0.15, 0.2) is 24.3 Å². The van der Waals surface area contributed by atoms with Gasteiger partial charge in [-0.1, -0.05) is 0 Å². The van der Waals surface area contributed by atoms with Gasteiger partial charge in [-0.25, -0.2) is 15.5 Å². The molecule has 1 aromatic carbocycles. The third kappa shape index (κ3) is 3.19. The summed E-state index contributed by atoms with van der Waals surface area (Å²) in [4.78, 5) is 24.7. The van der Waals surface area contributed by atoms with E-state index in [0.29, 0.717) is 5.56 Å². The van der Waals surface area contributed by atoms with Crippen LogP contribution in [0, 0.1) is 10.1 Å². The zero-order chi connectivity index (χ0) is 12.1. The molecule has 0 spiro atoms. The Hall–Kier alpha value is -2.19. The highest BCUT2D eigenvalue weighted by atomic mass is 16.7. The molecule has 0 radical (unpaired) electrons. The number of rotatable bonds is 4. The molecule has 86 valence electrons. The van der Waals surface area contributed by atoms with Crippen LogP contribution < -0.4 is 5.84 Å². The summed E-state index contributed by atoms with van der Waals surface area (Å²) < 4.78 is 0. The average molecular weight is 227 g/mol. The van der Waals surface area contributed by atoms with E-state index < -0.39 is 11.0 Å². The second-order valence-electron chi connectivity index (χ2n) is 2.81. The van der Waals surface area contributed by atoms with Crippen molar-refractivity contribution < 1.29 is 19.7 Å². The van der Waals surface area contributed by atoms with E-state index in [1.165, 1.54) is 24.3 Å². The van der Waals surface area contributed by atoms with E-state index in [-0.39, 0.29) is 17.5 Å². The largest absolute Gasteiger partial charge is 0.462 e. The summed E-state index contributed by atoms with van der Waals surface area (Å²) in [6, 6.07) is 5.49. The van der Waals surface area contributed by atoms with Crippen LogP contribution >= 0.6 is 0 Å². The molecule has 0 saturated carbocycles. The molecule has 3 N–H and O–H groups in total. The number of nitro groups is 1. The van der Waals surface area contributed by atoms with Crippen LogP contribution in [0.2, 0.25) is 0 Å². The molecule has 16 heavy (non-hydrogen) atoms. The van der Waals surface area contributed by atoms with Crippen molar-refractivity contribution in [3.8, 4) is 0 Å². The number of hydrogen-bond acceptors (Lipinski definition) is 5. The van der Waals surface area contributed by atoms with Crippen molar-refractivity contribution in [2.24, 2.45) is 5.84 Å². The summed E-state index contributed by atoms with van der Waals surface area (Å²) in [5.74, 6) is 4.95. The highest BCUT2D eigenvalue weighted by molar-refractivity contribution is 5.62. The monoisotopic (exact) mass is 227 g/mol. The standard InChI is InChI=1S/C8H9N3O5/c9-10(8(12)13)16-5-6-1-3-7(4-2-6)11(14)15/h1-4H,5,9H2,(H,12,13). The van der Waals surface area contributed by atoms with Gasteiger partial charge in [-0.3, -0.25) is 10.1 Å². The molecule has 0 atom stereocenters. The van der Waals surface area contributed by atoms with E-state index in [1.807, 2.05) is 0 Å². The van der Waals surface area contributed by atoms with Crippen LogP contribution in [-0.2, 0) is 11.4 Å². The Morgan fingerprint density at radius 1 is 1.50 bits per heavy atom. The van der Waals surface area contributed by atoms with E-state index in [2.05, 4.69) is 4.84 Å². The fraction of sp³-hybridized carbons (Fsp3) is 0.125. The summed E-state index contributed by atoms with van der Waals surface area (Å²) in [5, 5.41) is 18.9. The van der Waals surface area contributed by atoms with Crippen molar-refractivity contribution in [2.45, 2.75) is 6.61 Å². The minimum atomic E-state index is -1.43. The third-order valence-corrected chi connectivity index (χ3v) is 1.71. The van der Waals surface area contributed by atoms with Gasteiger partial charge in [-0.05, 0) is 17.7 Å². The number of amides is 1. The lowest BCUT2D eigenvalue weighted by Crippen LogP contribution is -2.35. The Morgan fingerprint density at radius 3 is 2.50 bits per heavy atom. The summed E-state index contributed by atoms with van der Waals surface area (Å²) in [5.41, 5.74) is 0.522. The van der Waals surface area contributed by atoms with Crippen molar-refractivity contribution in [1.29, 1.82) is 0 Å². The Kier molecular flexibility index (Phi) is 3.75. The van der Waals surface area contributed by atoms with E-state index in [1.54, 1.807) is 0 Å². The molecule has 0 fully saturated rings. The van der Waals surface area contributed by atoms with Crippen LogP contribution in [0.5, 0.6) is 0 Å². The van der Waals surface area contributed by atoms with E-state index in [9.17, 15) is 14.9 Å². The molecular formula is C8H9N3O5. The molecule has 0 saturated heterocycles. The Balaban J connectivity index is 2.56. The number of hydrazine groups is 1. The van der Waals surface area contributed by atoms with Gasteiger partial charge in [0.25, 0.3) is 5.69 Å². The predicted octanol–water partition coefficient (Wildman–Crippen LogP) is 0.880. The second kappa shape index (κ2) is 5.05. The van der Waals surface area contributed by atoms with Gasteiger partial charge in [0, 0.05) is 12.1 Å². The van der Waals surface area contributed by atoms with Gasteiger partial charge < -0.3 is 5.11 Å². The van der Waals surface area contributed by atoms with Crippen LogP contribution in [-0.4, -0.2) is 21.3 Å². The molecule has 1 rings (SSSR count). The summed E-state index contributed by atoms with van der Waals surface area (Å²) in [6.45, 7) is -0.0825. The maximum atomic E-state index is 10.3. The number of hydroxylamine groups is 1. The maximum absolute atomic E-state index is 10.3. The minimum Gasteiger partial charge on any atom is -0.462 e. The average Bonchev–Trinajstić information content (AvgIpc) is 2.26. The first kappa shape index (κ1) is 11.9. The van der Waals surface area contributed by atoms with Gasteiger partial charge >= 0.3 is 6.09 Å². The number of carbonyl (C=O) groups is 1. The highest BCUT2D eigenvalue weighted by Crippen LogP contribution is 2.12. The molecular weight excluding hydrogens is 218 g/mol. The van der Waals surface area contributed by atoms with Gasteiger partial charge in [-0.15, -0.1) is 5.17 Å². The third-order valence-electron chi connectivity index (χ3n) is 1.71. The SMILES string of the molecule is NN(OCc1ccc([N+](=O)[O-])cc1)C(=O)O. The first-order chi connectivity index (χ1) is 7.50. The lowest BCUT2D eigenvalue weighted by atomic mass is 10.2. The Morgan fingerprint density at radius 2 is 2.06 bits per heavy atom. The van der Waals surface area contributed by atoms with Gasteiger partial charge in [-0.2, -0.15) is 0 Å². The fourth-order valence-corrected chi connectivity index (χ4v) is 0.913. The molecule has 0 unspecified atom stereocenters. The molecule has 1 aromatic rings. The quantitative estimate of drug-likeness (QED) is 0.341. The maximum Gasteiger partial charge on any atom is 0.446 e. The van der Waals surface area contributed by atoms with Crippen LogP contribution in [0.4, 0.5) is 10.5 Å². The lowest BCUT2D eigenvalue weighted by molar-refractivity contribution is -0.384. The van der Waals surface area contributed by atoms with Crippen LogP contribution in [0.25, 0.3) is 0 Å². The van der Waals surface area contributed by atoms with Crippen molar-refractivity contribution in [3.05, 3.63) is 39.9 Å². The van der Waals surface area contributed by atoms with Gasteiger partial charge in [0.05, 0.1) is 4.92 Å². The Labute approximate surface area is 89.9 Å². The highest BCUT2D eigenvalue weighted by Gasteiger charge is 2.08. The Bertz CT molecular complexity index is 391. The van der Waals surface area contributed by atoms with Crippen molar-refractivity contribution in [1.82, 2.24) is 5.17 Å². The summed E-state index contributed by atoms with van der Waals surface area (Å²) in [6.07, 6.45) is -1.43. The smallest absolute Gasteiger partial charge is 0.446 e. The molecule has 0 aliphatic rings. The number of benzene rings is 1. The van der Waals surface area contributed by atoms with E-state index in [4.69, 9.17) is 10.9 Å². The number of hydrogen-bond donors (Lipinski definition) is 2. The van der Waals surface area contributed by atoms with Crippen molar-refractivity contribution in [3.63, 3.8) is 0 Å². The van der Waals surface area contributed by atoms with Gasteiger partial charge in [0.1, 0.15) is 6.61 Å². The number of carboxylic acid groups (broad SMARTS) is 1.